The van der Waals surface area contributed by atoms with E-state index in [9.17, 15) is 10.1 Å². The summed E-state index contributed by atoms with van der Waals surface area (Å²) in [5.74, 6) is 0.0736. The van der Waals surface area contributed by atoms with Gasteiger partial charge < -0.3 is 15.5 Å². The molecule has 1 saturated heterocycles. The minimum Gasteiger partial charge on any atom is -0.357 e. The van der Waals surface area contributed by atoms with E-state index in [0.29, 0.717) is 25.1 Å². The van der Waals surface area contributed by atoms with Gasteiger partial charge >= 0.3 is 0 Å². The number of rotatable bonds is 3. The zero-order chi connectivity index (χ0) is 13.8. The molecular formula is C14H18N4O. The Bertz CT molecular complexity index is 508. The number of amides is 1. The number of anilines is 1. The molecule has 19 heavy (non-hydrogen) atoms. The van der Waals surface area contributed by atoms with Gasteiger partial charge in [0.25, 0.3) is 0 Å². The van der Waals surface area contributed by atoms with Gasteiger partial charge in [-0.05, 0) is 25.1 Å². The van der Waals surface area contributed by atoms with Crippen LogP contribution in [0.2, 0.25) is 0 Å². The second-order valence-electron chi connectivity index (χ2n) is 4.68. The van der Waals surface area contributed by atoms with Crippen molar-refractivity contribution in [1.29, 1.82) is 5.26 Å². The van der Waals surface area contributed by atoms with Gasteiger partial charge in [0.15, 0.2) is 0 Å². The molecule has 100 valence electrons. The standard InChI is InChI=1S/C14H18N4O/c1-17-8-9-18(13(6-7-15)14(17)19)12-5-3-2-4-11(12)10-16/h2-5,13H,6-9,15H2,1H3. The molecule has 0 aromatic heterocycles. The Morgan fingerprint density at radius 2 is 2.16 bits per heavy atom. The third-order valence-electron chi connectivity index (χ3n) is 3.49. The second-order valence-corrected chi connectivity index (χ2v) is 4.68. The summed E-state index contributed by atoms with van der Waals surface area (Å²) in [4.78, 5) is 16.0. The summed E-state index contributed by atoms with van der Waals surface area (Å²) in [7, 11) is 1.80. The van der Waals surface area contributed by atoms with Gasteiger partial charge in [-0.3, -0.25) is 4.79 Å². The average molecular weight is 258 g/mol. The first-order valence-electron chi connectivity index (χ1n) is 6.40. The smallest absolute Gasteiger partial charge is 0.245 e. The fourth-order valence-corrected chi connectivity index (χ4v) is 2.46. The number of hydrogen-bond donors (Lipinski definition) is 1. The summed E-state index contributed by atoms with van der Waals surface area (Å²) in [6.45, 7) is 1.85. The minimum atomic E-state index is -0.266. The van der Waals surface area contributed by atoms with E-state index < -0.39 is 0 Å². The molecule has 2 N–H and O–H groups in total. The van der Waals surface area contributed by atoms with Crippen LogP contribution in [0.15, 0.2) is 24.3 Å². The second kappa shape index (κ2) is 5.72. The number of hydrogen-bond acceptors (Lipinski definition) is 4. The van der Waals surface area contributed by atoms with Crippen molar-refractivity contribution in [3.63, 3.8) is 0 Å². The van der Waals surface area contributed by atoms with E-state index in [0.717, 1.165) is 12.2 Å². The Kier molecular flexibility index (Phi) is 4.03. The third kappa shape index (κ3) is 2.54. The van der Waals surface area contributed by atoms with Crippen LogP contribution in [0, 0.1) is 11.3 Å². The van der Waals surface area contributed by atoms with Crippen molar-refractivity contribution in [2.75, 3.05) is 31.6 Å². The molecule has 0 spiro atoms. The fraction of sp³-hybridized carbons (Fsp3) is 0.429. The van der Waals surface area contributed by atoms with Crippen molar-refractivity contribution in [2.24, 2.45) is 5.73 Å². The lowest BCUT2D eigenvalue weighted by Crippen LogP contribution is -2.56. The van der Waals surface area contributed by atoms with Crippen molar-refractivity contribution >= 4 is 11.6 Å². The minimum absolute atomic E-state index is 0.0736. The van der Waals surface area contributed by atoms with E-state index in [4.69, 9.17) is 5.73 Å². The molecule has 1 aromatic rings. The topological polar surface area (TPSA) is 73.4 Å². The number of benzene rings is 1. The van der Waals surface area contributed by atoms with Gasteiger partial charge in [0.05, 0.1) is 11.3 Å². The van der Waals surface area contributed by atoms with E-state index in [1.54, 1.807) is 18.0 Å². The molecule has 1 aromatic carbocycles. The molecule has 0 radical (unpaired) electrons. The molecule has 1 atom stereocenters. The van der Waals surface area contributed by atoms with Gasteiger partial charge in [-0.1, -0.05) is 12.1 Å². The molecule has 0 aliphatic carbocycles. The van der Waals surface area contributed by atoms with Crippen LogP contribution in [0.3, 0.4) is 0 Å². The van der Waals surface area contributed by atoms with E-state index in [2.05, 4.69) is 6.07 Å². The van der Waals surface area contributed by atoms with Gasteiger partial charge in [-0.25, -0.2) is 0 Å². The molecule has 0 saturated carbocycles. The van der Waals surface area contributed by atoms with Gasteiger partial charge in [0.2, 0.25) is 5.91 Å². The lowest BCUT2D eigenvalue weighted by Gasteiger charge is -2.40. The molecule has 5 heteroatoms. The molecule has 1 aliphatic rings. The van der Waals surface area contributed by atoms with E-state index >= 15 is 0 Å². The molecule has 1 amide bonds. The number of likely N-dealkylation sites (N-methyl/N-ethyl adjacent to an activating group) is 1. The Balaban J connectivity index is 2.36. The highest BCUT2D eigenvalue weighted by Gasteiger charge is 2.33. The lowest BCUT2D eigenvalue weighted by atomic mass is 10.0. The summed E-state index contributed by atoms with van der Waals surface area (Å²) in [6.07, 6.45) is 0.600. The maximum atomic E-state index is 12.2. The maximum absolute atomic E-state index is 12.2. The van der Waals surface area contributed by atoms with Crippen LogP contribution < -0.4 is 10.6 Å². The molecular weight excluding hydrogens is 240 g/mol. The van der Waals surface area contributed by atoms with Gasteiger partial charge in [0.1, 0.15) is 12.1 Å². The maximum Gasteiger partial charge on any atom is 0.245 e. The first kappa shape index (κ1) is 13.4. The van der Waals surface area contributed by atoms with Crippen LogP contribution in [0.5, 0.6) is 0 Å². The van der Waals surface area contributed by atoms with Crippen LogP contribution in [0.25, 0.3) is 0 Å². The third-order valence-corrected chi connectivity index (χ3v) is 3.49. The molecule has 2 rings (SSSR count). The van der Waals surface area contributed by atoms with Crippen LogP contribution in [-0.2, 0) is 4.79 Å². The van der Waals surface area contributed by atoms with Crippen LogP contribution in [0.1, 0.15) is 12.0 Å². The zero-order valence-electron chi connectivity index (χ0n) is 11.0. The largest absolute Gasteiger partial charge is 0.357 e. The van der Waals surface area contributed by atoms with Crippen LogP contribution in [-0.4, -0.2) is 43.5 Å². The summed E-state index contributed by atoms with van der Waals surface area (Å²) >= 11 is 0. The first-order chi connectivity index (χ1) is 9.19. The van der Waals surface area contributed by atoms with Crippen molar-refractivity contribution in [3.8, 4) is 6.07 Å². The van der Waals surface area contributed by atoms with Crippen molar-refractivity contribution in [3.05, 3.63) is 29.8 Å². The quantitative estimate of drug-likeness (QED) is 0.859. The molecule has 0 bridgehead atoms. The fourth-order valence-electron chi connectivity index (χ4n) is 2.46. The molecule has 1 heterocycles. The van der Waals surface area contributed by atoms with Crippen molar-refractivity contribution in [1.82, 2.24) is 4.90 Å². The van der Waals surface area contributed by atoms with Crippen molar-refractivity contribution in [2.45, 2.75) is 12.5 Å². The molecule has 1 unspecified atom stereocenters. The molecule has 1 aliphatic heterocycles. The number of carbonyl (C=O) groups is 1. The zero-order valence-corrected chi connectivity index (χ0v) is 11.0. The Morgan fingerprint density at radius 1 is 1.42 bits per heavy atom. The van der Waals surface area contributed by atoms with Gasteiger partial charge in [0, 0.05) is 20.1 Å². The number of nitrogens with two attached hydrogens (primary N) is 1. The van der Waals surface area contributed by atoms with E-state index in [-0.39, 0.29) is 11.9 Å². The predicted octanol–water partition coefficient (Wildman–Crippen LogP) is 0.554. The number of carbonyl (C=O) groups excluding carboxylic acids is 1. The highest BCUT2D eigenvalue weighted by atomic mass is 16.2. The van der Waals surface area contributed by atoms with E-state index in [1.807, 2.05) is 23.1 Å². The van der Waals surface area contributed by atoms with Gasteiger partial charge in [-0.15, -0.1) is 0 Å². The summed E-state index contributed by atoms with van der Waals surface area (Å²) in [5.41, 5.74) is 7.04. The summed E-state index contributed by atoms with van der Waals surface area (Å²) in [5, 5.41) is 9.19. The highest BCUT2D eigenvalue weighted by molar-refractivity contribution is 5.87. The van der Waals surface area contributed by atoms with Crippen LogP contribution in [0.4, 0.5) is 5.69 Å². The Hall–Kier alpha value is -2.06. The monoisotopic (exact) mass is 258 g/mol. The number of piperazine rings is 1. The highest BCUT2D eigenvalue weighted by Crippen LogP contribution is 2.25. The Labute approximate surface area is 113 Å². The first-order valence-corrected chi connectivity index (χ1v) is 6.40. The van der Waals surface area contributed by atoms with E-state index in [1.165, 1.54) is 0 Å². The summed E-state index contributed by atoms with van der Waals surface area (Å²) in [6, 6.07) is 9.30. The number of para-hydroxylation sites is 1. The average Bonchev–Trinajstić information content (AvgIpc) is 2.44. The summed E-state index contributed by atoms with van der Waals surface area (Å²) < 4.78 is 0. The molecule has 5 nitrogen and oxygen atoms in total. The Morgan fingerprint density at radius 3 is 2.84 bits per heavy atom. The molecule has 1 fully saturated rings. The van der Waals surface area contributed by atoms with Gasteiger partial charge in [-0.2, -0.15) is 5.26 Å². The normalized spacial score (nSPS) is 19.4. The lowest BCUT2D eigenvalue weighted by molar-refractivity contribution is -0.133. The predicted molar refractivity (Wildman–Crippen MR) is 73.6 cm³/mol. The van der Waals surface area contributed by atoms with Crippen LogP contribution >= 0.6 is 0 Å². The number of nitriles is 1. The number of nitrogens with zero attached hydrogens (tertiary/aromatic N) is 3. The SMILES string of the molecule is CN1CCN(c2ccccc2C#N)C(CCN)C1=O. The van der Waals surface area contributed by atoms with Crippen molar-refractivity contribution < 1.29 is 4.79 Å².